The van der Waals surface area contributed by atoms with Crippen molar-refractivity contribution in [3.8, 4) is 11.5 Å². The van der Waals surface area contributed by atoms with E-state index in [1.807, 2.05) is 0 Å². The summed E-state index contributed by atoms with van der Waals surface area (Å²) in [6.07, 6.45) is 3.93. The molecule has 0 bridgehead atoms. The Balaban J connectivity index is 1.83. The van der Waals surface area contributed by atoms with Crippen LogP contribution in [0.25, 0.3) is 0 Å². The van der Waals surface area contributed by atoms with Crippen LogP contribution in [0.3, 0.4) is 0 Å². The van der Waals surface area contributed by atoms with Crippen molar-refractivity contribution in [1.82, 2.24) is 19.7 Å². The van der Waals surface area contributed by atoms with Crippen molar-refractivity contribution in [3.05, 3.63) is 48.2 Å². The maximum absolute atomic E-state index is 14.8. The molecule has 0 aliphatic carbocycles. The molecule has 35 heavy (non-hydrogen) atoms. The summed E-state index contributed by atoms with van der Waals surface area (Å²) in [6.45, 7) is 3.42. The molecule has 3 amide bonds. The minimum absolute atomic E-state index is 0.117. The first-order valence-corrected chi connectivity index (χ1v) is 10.3. The van der Waals surface area contributed by atoms with Crippen molar-refractivity contribution in [2.75, 3.05) is 42.1 Å². The number of hydrogen-bond acceptors (Lipinski definition) is 8. The number of anilines is 5. The lowest BCUT2D eigenvalue weighted by Gasteiger charge is -2.19. The number of hydrogen-bond donors (Lipinski definition) is 3. The van der Waals surface area contributed by atoms with E-state index in [-0.39, 0.29) is 33.8 Å². The molecule has 3 aromatic rings. The van der Waals surface area contributed by atoms with Crippen LogP contribution in [-0.4, -0.2) is 53.0 Å². The predicted octanol–water partition coefficient (Wildman–Crippen LogP) is 3.56. The summed E-state index contributed by atoms with van der Waals surface area (Å²) in [4.78, 5) is 33.8. The van der Waals surface area contributed by atoms with Gasteiger partial charge < -0.3 is 25.4 Å². The second kappa shape index (κ2) is 10.7. The minimum Gasteiger partial charge on any atom is -0.495 e. The molecule has 184 valence electrons. The van der Waals surface area contributed by atoms with E-state index in [4.69, 9.17) is 21.1 Å². The molecule has 0 aliphatic rings. The van der Waals surface area contributed by atoms with Gasteiger partial charge in [-0.2, -0.15) is 5.10 Å². The molecular weight excluding hydrogens is 483 g/mol. The highest BCUT2D eigenvalue weighted by atomic mass is 35.5. The summed E-state index contributed by atoms with van der Waals surface area (Å²) in [5.41, 5.74) is 0.0731. The summed E-state index contributed by atoms with van der Waals surface area (Å²) in [5.74, 6) is -0.584. The first-order chi connectivity index (χ1) is 16.7. The molecular formula is C21H22ClFN8O4. The van der Waals surface area contributed by atoms with Gasteiger partial charge in [0.15, 0.2) is 17.4 Å². The first kappa shape index (κ1) is 25.2. The Labute approximate surface area is 204 Å². The van der Waals surface area contributed by atoms with Gasteiger partial charge in [-0.25, -0.2) is 19.2 Å². The largest absolute Gasteiger partial charge is 0.495 e. The number of methoxy groups -OCH3 is 2. The number of amides is 3. The Morgan fingerprint density at radius 3 is 2.57 bits per heavy atom. The van der Waals surface area contributed by atoms with Crippen molar-refractivity contribution in [2.24, 2.45) is 7.05 Å². The van der Waals surface area contributed by atoms with E-state index in [0.29, 0.717) is 11.5 Å². The number of halogens is 2. The fourth-order valence-electron chi connectivity index (χ4n) is 2.87. The molecule has 0 aliphatic heterocycles. The Bertz CT molecular complexity index is 1250. The lowest BCUT2D eigenvalue weighted by Crippen LogP contribution is -2.32. The maximum Gasteiger partial charge on any atom is 0.327 e. The molecule has 0 saturated heterocycles. The number of nitrogens with zero attached hydrogens (tertiary/aromatic N) is 5. The topological polar surface area (TPSA) is 136 Å². The summed E-state index contributed by atoms with van der Waals surface area (Å²) in [5, 5.41) is 12.1. The highest BCUT2D eigenvalue weighted by molar-refractivity contribution is 6.35. The molecule has 12 nitrogen and oxygen atoms in total. The van der Waals surface area contributed by atoms with E-state index in [9.17, 15) is 14.0 Å². The Morgan fingerprint density at radius 1 is 1.20 bits per heavy atom. The van der Waals surface area contributed by atoms with Gasteiger partial charge in [-0.1, -0.05) is 18.2 Å². The van der Waals surface area contributed by atoms with E-state index in [0.717, 1.165) is 11.0 Å². The van der Waals surface area contributed by atoms with E-state index in [1.165, 1.54) is 44.4 Å². The van der Waals surface area contributed by atoms with Gasteiger partial charge in [-0.05, 0) is 6.08 Å². The fraction of sp³-hybridized carbons (Fsp3) is 0.190. The third kappa shape index (κ3) is 5.58. The summed E-state index contributed by atoms with van der Waals surface area (Å²) in [7, 11) is 5.72. The monoisotopic (exact) mass is 504 g/mol. The molecule has 0 spiro atoms. The highest BCUT2D eigenvalue weighted by Crippen LogP contribution is 2.40. The summed E-state index contributed by atoms with van der Waals surface area (Å²) < 4.78 is 26.3. The van der Waals surface area contributed by atoms with Crippen LogP contribution in [0.5, 0.6) is 11.5 Å². The minimum atomic E-state index is -0.866. The number of benzene rings is 1. The van der Waals surface area contributed by atoms with Crippen LogP contribution in [0.4, 0.5) is 38.0 Å². The Hall–Kier alpha value is -4.39. The second-order valence-corrected chi connectivity index (χ2v) is 7.30. The smallest absolute Gasteiger partial charge is 0.327 e. The van der Waals surface area contributed by atoms with E-state index in [2.05, 4.69) is 37.6 Å². The summed E-state index contributed by atoms with van der Waals surface area (Å²) in [6, 6.07) is 1.97. The molecule has 0 atom stereocenters. The van der Waals surface area contributed by atoms with Crippen molar-refractivity contribution in [1.29, 1.82) is 0 Å². The fourth-order valence-corrected chi connectivity index (χ4v) is 3.13. The number of aromatic nitrogens is 4. The average molecular weight is 505 g/mol. The Morgan fingerprint density at radius 2 is 1.91 bits per heavy atom. The van der Waals surface area contributed by atoms with Gasteiger partial charge in [-0.15, -0.1) is 0 Å². The van der Waals surface area contributed by atoms with Gasteiger partial charge >= 0.3 is 6.03 Å². The number of ether oxygens (including phenoxy) is 2. The van der Waals surface area contributed by atoms with Crippen LogP contribution in [0.2, 0.25) is 5.02 Å². The van der Waals surface area contributed by atoms with Crippen molar-refractivity contribution >= 4 is 52.4 Å². The Kier molecular flexibility index (Phi) is 7.71. The summed E-state index contributed by atoms with van der Waals surface area (Å²) >= 11 is 6.18. The third-order valence-electron chi connectivity index (χ3n) is 4.63. The quantitative estimate of drug-likeness (QED) is 0.396. The zero-order chi connectivity index (χ0) is 25.7. The molecule has 0 saturated carbocycles. The SMILES string of the molecule is C=CC(=O)Nc1cn(C)nc1Nc1cc(N(C)C(=O)Nc2c(F)c(OC)cc(OC)c2Cl)ncn1. The molecule has 14 heteroatoms. The van der Waals surface area contributed by atoms with Crippen molar-refractivity contribution < 1.29 is 23.5 Å². The molecule has 2 aromatic heterocycles. The average Bonchev–Trinajstić information content (AvgIpc) is 3.19. The lowest BCUT2D eigenvalue weighted by molar-refractivity contribution is -0.111. The first-order valence-electron chi connectivity index (χ1n) is 9.89. The lowest BCUT2D eigenvalue weighted by atomic mass is 10.2. The number of carbonyl (C=O) groups is 2. The molecule has 3 N–H and O–H groups in total. The maximum atomic E-state index is 14.8. The molecule has 3 rings (SSSR count). The second-order valence-electron chi connectivity index (χ2n) is 6.92. The third-order valence-corrected chi connectivity index (χ3v) is 5.00. The van der Waals surface area contributed by atoms with Crippen molar-refractivity contribution in [3.63, 3.8) is 0 Å². The molecule has 1 aromatic carbocycles. The van der Waals surface area contributed by atoms with Crippen LogP contribution in [0.15, 0.2) is 37.3 Å². The highest BCUT2D eigenvalue weighted by Gasteiger charge is 2.23. The van der Waals surface area contributed by atoms with Gasteiger partial charge in [-0.3, -0.25) is 14.4 Å². The predicted molar refractivity (Wildman–Crippen MR) is 129 cm³/mol. The number of nitrogens with one attached hydrogen (secondary N) is 3. The van der Waals surface area contributed by atoms with Gasteiger partial charge in [0.05, 0.1) is 20.4 Å². The van der Waals surface area contributed by atoms with E-state index >= 15 is 0 Å². The molecule has 0 unspecified atom stereocenters. The van der Waals surface area contributed by atoms with Crippen molar-refractivity contribution in [2.45, 2.75) is 0 Å². The van der Waals surface area contributed by atoms with Crippen LogP contribution in [0.1, 0.15) is 0 Å². The normalized spacial score (nSPS) is 10.3. The van der Waals surface area contributed by atoms with Gasteiger partial charge in [0.2, 0.25) is 5.91 Å². The zero-order valence-corrected chi connectivity index (χ0v) is 20.0. The van der Waals surface area contributed by atoms with Crippen LogP contribution in [-0.2, 0) is 11.8 Å². The van der Waals surface area contributed by atoms with E-state index < -0.39 is 17.8 Å². The van der Waals surface area contributed by atoms with E-state index in [1.54, 1.807) is 13.2 Å². The molecule has 0 fully saturated rings. The number of urea groups is 1. The molecule has 2 heterocycles. The zero-order valence-electron chi connectivity index (χ0n) is 19.2. The number of rotatable bonds is 8. The van der Waals surface area contributed by atoms with Crippen LogP contribution in [0, 0.1) is 5.82 Å². The van der Waals surface area contributed by atoms with Gasteiger partial charge in [0.25, 0.3) is 0 Å². The number of carbonyl (C=O) groups excluding carboxylic acids is 2. The van der Waals surface area contributed by atoms with Crippen LogP contribution < -0.4 is 30.3 Å². The van der Waals surface area contributed by atoms with Gasteiger partial charge in [0, 0.05) is 26.2 Å². The standard InChI is InChI=1S/C21H22ClFN8O4/c1-6-16(32)26-11-9-30(2)29-20(11)27-14-8-15(25-10-24-14)31(3)21(33)28-19-17(22)12(34-4)7-13(35-5)18(19)23/h6-10H,1H2,2-5H3,(H,26,32)(H,28,33)(H,24,25,27,29). The molecule has 0 radical (unpaired) electrons. The van der Waals surface area contributed by atoms with Crippen LogP contribution >= 0.6 is 11.6 Å². The van der Waals surface area contributed by atoms with Gasteiger partial charge in [0.1, 0.15) is 40.1 Å². The number of aryl methyl sites for hydroxylation is 1.